The first-order chi connectivity index (χ1) is 11.2. The minimum Gasteiger partial charge on any atom is -0.342 e. The SMILES string of the molecule is O=C(NC1CCN(C(=O)C2CC2)CC1)N1CCc2sccc2C1. The molecule has 0 aromatic carbocycles. The Kier molecular flexibility index (Phi) is 4.01. The molecule has 0 spiro atoms. The molecular formula is C17H23N3O2S. The van der Waals surface area contributed by atoms with Crippen molar-refractivity contribution in [3.8, 4) is 0 Å². The molecule has 3 amide bonds. The van der Waals surface area contributed by atoms with Crippen LogP contribution in [0.4, 0.5) is 4.79 Å². The van der Waals surface area contributed by atoms with Gasteiger partial charge in [0, 0.05) is 43.0 Å². The highest BCUT2D eigenvalue weighted by Gasteiger charge is 2.35. The fourth-order valence-electron chi connectivity index (χ4n) is 3.52. The number of carbonyl (C=O) groups excluding carboxylic acids is 2. The highest BCUT2D eigenvalue weighted by molar-refractivity contribution is 7.10. The smallest absolute Gasteiger partial charge is 0.317 e. The molecule has 1 saturated carbocycles. The third-order valence-corrected chi connectivity index (χ3v) is 6.18. The summed E-state index contributed by atoms with van der Waals surface area (Å²) in [5.41, 5.74) is 1.29. The third kappa shape index (κ3) is 3.22. The summed E-state index contributed by atoms with van der Waals surface area (Å²) >= 11 is 1.79. The van der Waals surface area contributed by atoms with Crippen LogP contribution in [0.25, 0.3) is 0 Å². The topological polar surface area (TPSA) is 52.7 Å². The van der Waals surface area contributed by atoms with Crippen molar-refractivity contribution in [2.24, 2.45) is 5.92 Å². The number of urea groups is 1. The number of likely N-dealkylation sites (tertiary alicyclic amines) is 1. The Bertz CT molecular complexity index is 603. The van der Waals surface area contributed by atoms with Crippen molar-refractivity contribution in [1.82, 2.24) is 15.1 Å². The van der Waals surface area contributed by atoms with Crippen molar-refractivity contribution < 1.29 is 9.59 Å². The lowest BCUT2D eigenvalue weighted by atomic mass is 10.0. The van der Waals surface area contributed by atoms with Crippen molar-refractivity contribution in [2.75, 3.05) is 19.6 Å². The minimum atomic E-state index is 0.0498. The third-order valence-electron chi connectivity index (χ3n) is 5.16. The molecule has 1 aliphatic carbocycles. The average Bonchev–Trinajstić information content (AvgIpc) is 3.32. The maximum absolute atomic E-state index is 12.5. The van der Waals surface area contributed by atoms with E-state index in [-0.39, 0.29) is 12.1 Å². The summed E-state index contributed by atoms with van der Waals surface area (Å²) in [6, 6.07) is 2.38. The lowest BCUT2D eigenvalue weighted by Gasteiger charge is -2.34. The molecule has 4 rings (SSSR count). The van der Waals surface area contributed by atoms with Gasteiger partial charge in [0.1, 0.15) is 0 Å². The zero-order valence-electron chi connectivity index (χ0n) is 13.3. The Morgan fingerprint density at radius 2 is 1.87 bits per heavy atom. The van der Waals surface area contributed by atoms with Gasteiger partial charge in [-0.3, -0.25) is 4.79 Å². The molecule has 0 radical (unpaired) electrons. The first-order valence-corrected chi connectivity index (χ1v) is 9.48. The van der Waals surface area contributed by atoms with Gasteiger partial charge in [0.25, 0.3) is 0 Å². The number of nitrogens with one attached hydrogen (secondary N) is 1. The monoisotopic (exact) mass is 333 g/mol. The van der Waals surface area contributed by atoms with Crippen molar-refractivity contribution in [3.05, 3.63) is 21.9 Å². The van der Waals surface area contributed by atoms with Gasteiger partial charge < -0.3 is 15.1 Å². The molecule has 1 aromatic rings. The Balaban J connectivity index is 1.26. The molecule has 1 N–H and O–H groups in total. The van der Waals surface area contributed by atoms with E-state index in [2.05, 4.69) is 16.8 Å². The second-order valence-electron chi connectivity index (χ2n) is 6.86. The lowest BCUT2D eigenvalue weighted by molar-refractivity contribution is -0.133. The molecule has 1 saturated heterocycles. The number of hydrogen-bond acceptors (Lipinski definition) is 3. The van der Waals surface area contributed by atoms with E-state index < -0.39 is 0 Å². The highest BCUT2D eigenvalue weighted by Crippen LogP contribution is 2.32. The van der Waals surface area contributed by atoms with Crippen LogP contribution in [0.2, 0.25) is 0 Å². The summed E-state index contributed by atoms with van der Waals surface area (Å²) in [4.78, 5) is 29.8. The Morgan fingerprint density at radius 1 is 1.09 bits per heavy atom. The summed E-state index contributed by atoms with van der Waals surface area (Å²) in [6.45, 7) is 3.10. The predicted octanol–water partition coefficient (Wildman–Crippen LogP) is 2.22. The second kappa shape index (κ2) is 6.15. The maximum Gasteiger partial charge on any atom is 0.317 e. The van der Waals surface area contributed by atoms with Crippen molar-refractivity contribution >= 4 is 23.3 Å². The van der Waals surface area contributed by atoms with Crippen LogP contribution in [0.3, 0.4) is 0 Å². The lowest BCUT2D eigenvalue weighted by Crippen LogP contribution is -2.51. The fraction of sp³-hybridized carbons (Fsp3) is 0.647. The number of rotatable bonds is 2. The zero-order valence-corrected chi connectivity index (χ0v) is 14.1. The summed E-state index contributed by atoms with van der Waals surface area (Å²) in [7, 11) is 0. The van der Waals surface area contributed by atoms with E-state index in [1.165, 1.54) is 10.4 Å². The van der Waals surface area contributed by atoms with Gasteiger partial charge in [0.2, 0.25) is 5.91 Å². The molecule has 3 aliphatic rings. The van der Waals surface area contributed by atoms with E-state index in [1.54, 1.807) is 11.3 Å². The number of carbonyl (C=O) groups is 2. The summed E-state index contributed by atoms with van der Waals surface area (Å²) < 4.78 is 0. The van der Waals surface area contributed by atoms with Crippen LogP contribution in [0, 0.1) is 5.92 Å². The Labute approximate surface area is 140 Å². The number of nitrogens with zero attached hydrogens (tertiary/aromatic N) is 2. The molecule has 124 valence electrons. The molecule has 3 heterocycles. The largest absolute Gasteiger partial charge is 0.342 e. The summed E-state index contributed by atoms with van der Waals surface area (Å²) in [5, 5.41) is 5.28. The van der Waals surface area contributed by atoms with E-state index in [9.17, 15) is 9.59 Å². The first kappa shape index (κ1) is 15.0. The number of amides is 3. The molecule has 23 heavy (non-hydrogen) atoms. The highest BCUT2D eigenvalue weighted by atomic mass is 32.1. The van der Waals surface area contributed by atoms with Gasteiger partial charge in [-0.25, -0.2) is 4.79 Å². The molecule has 0 atom stereocenters. The van der Waals surface area contributed by atoms with E-state index in [0.717, 1.165) is 58.3 Å². The molecule has 5 nitrogen and oxygen atoms in total. The maximum atomic E-state index is 12.5. The second-order valence-corrected chi connectivity index (χ2v) is 7.86. The van der Waals surface area contributed by atoms with E-state index in [1.807, 2.05) is 9.80 Å². The van der Waals surface area contributed by atoms with E-state index >= 15 is 0 Å². The fourth-order valence-corrected chi connectivity index (χ4v) is 4.41. The van der Waals surface area contributed by atoms with Crippen LogP contribution < -0.4 is 5.32 Å². The number of thiophene rings is 1. The number of fused-ring (bicyclic) bond motifs is 1. The van der Waals surface area contributed by atoms with Gasteiger partial charge in [-0.05, 0) is 49.1 Å². The molecular weight excluding hydrogens is 310 g/mol. The average molecular weight is 333 g/mol. The van der Waals surface area contributed by atoms with Gasteiger partial charge in [-0.1, -0.05) is 0 Å². The van der Waals surface area contributed by atoms with Crippen LogP contribution in [0.5, 0.6) is 0 Å². The minimum absolute atomic E-state index is 0.0498. The van der Waals surface area contributed by atoms with E-state index in [4.69, 9.17) is 0 Å². The van der Waals surface area contributed by atoms with Crippen LogP contribution >= 0.6 is 11.3 Å². The summed E-state index contributed by atoms with van der Waals surface area (Å²) in [5.74, 6) is 0.630. The van der Waals surface area contributed by atoms with Gasteiger partial charge >= 0.3 is 6.03 Å². The van der Waals surface area contributed by atoms with Crippen molar-refractivity contribution in [3.63, 3.8) is 0 Å². The molecule has 1 aromatic heterocycles. The summed E-state index contributed by atoms with van der Waals surface area (Å²) in [6.07, 6.45) is 4.85. The quantitative estimate of drug-likeness (QED) is 0.902. The zero-order chi connectivity index (χ0) is 15.8. The van der Waals surface area contributed by atoms with Crippen molar-refractivity contribution in [1.29, 1.82) is 0 Å². The molecule has 0 bridgehead atoms. The van der Waals surface area contributed by atoms with Gasteiger partial charge in [0.15, 0.2) is 0 Å². The first-order valence-electron chi connectivity index (χ1n) is 8.60. The van der Waals surface area contributed by atoms with Gasteiger partial charge in [-0.2, -0.15) is 0 Å². The normalized spacial score (nSPS) is 21.9. The van der Waals surface area contributed by atoms with Crippen LogP contribution in [-0.2, 0) is 17.8 Å². The molecule has 2 fully saturated rings. The molecule has 6 heteroatoms. The predicted molar refractivity (Wildman–Crippen MR) is 89.3 cm³/mol. The van der Waals surface area contributed by atoms with Crippen LogP contribution in [-0.4, -0.2) is 47.4 Å². The number of piperidine rings is 1. The van der Waals surface area contributed by atoms with Crippen LogP contribution in [0.1, 0.15) is 36.1 Å². The van der Waals surface area contributed by atoms with Gasteiger partial charge in [-0.15, -0.1) is 11.3 Å². The van der Waals surface area contributed by atoms with E-state index in [0.29, 0.717) is 11.8 Å². The Morgan fingerprint density at radius 3 is 2.61 bits per heavy atom. The Hall–Kier alpha value is -1.56. The standard InChI is InChI=1S/C17H23N3O2S/c21-16(12-1-2-12)19-7-3-14(4-8-19)18-17(22)20-9-5-15-13(11-20)6-10-23-15/h6,10,12,14H,1-5,7-9,11H2,(H,18,22). The van der Waals surface area contributed by atoms with Gasteiger partial charge in [0.05, 0.1) is 0 Å². The molecule has 2 aliphatic heterocycles. The van der Waals surface area contributed by atoms with Crippen molar-refractivity contribution in [2.45, 2.75) is 44.7 Å². The molecule has 0 unspecified atom stereocenters. The van der Waals surface area contributed by atoms with Crippen LogP contribution in [0.15, 0.2) is 11.4 Å². The number of hydrogen-bond donors (Lipinski definition) is 1.